The van der Waals surface area contributed by atoms with Gasteiger partial charge >= 0.3 is 0 Å². The van der Waals surface area contributed by atoms with Crippen molar-refractivity contribution in [3.8, 4) is 5.75 Å². The third-order valence-corrected chi connectivity index (χ3v) is 4.22. The van der Waals surface area contributed by atoms with Crippen molar-refractivity contribution in [3.05, 3.63) is 63.1 Å². The van der Waals surface area contributed by atoms with Gasteiger partial charge < -0.3 is 10.1 Å². The summed E-state index contributed by atoms with van der Waals surface area (Å²) >= 11 is 9.60. The molecule has 2 aromatic carbocycles. The molecule has 2 nitrogen and oxygen atoms in total. The third-order valence-electron chi connectivity index (χ3n) is 3.21. The van der Waals surface area contributed by atoms with E-state index in [-0.39, 0.29) is 6.04 Å². The Bertz CT molecular complexity index is 588. The Labute approximate surface area is 133 Å². The van der Waals surface area contributed by atoms with Crippen molar-refractivity contribution >= 4 is 27.5 Å². The molecule has 4 heteroatoms. The van der Waals surface area contributed by atoms with Crippen LogP contribution in [0.3, 0.4) is 0 Å². The van der Waals surface area contributed by atoms with E-state index in [0.717, 1.165) is 26.4 Å². The van der Waals surface area contributed by atoms with Crippen molar-refractivity contribution in [2.75, 3.05) is 7.05 Å². The maximum atomic E-state index is 6.07. The van der Waals surface area contributed by atoms with Crippen LogP contribution in [-0.2, 0) is 6.61 Å². The number of rotatable bonds is 5. The minimum Gasteiger partial charge on any atom is -0.489 e. The van der Waals surface area contributed by atoms with E-state index in [4.69, 9.17) is 16.3 Å². The average Bonchev–Trinajstić information content (AvgIpc) is 2.46. The van der Waals surface area contributed by atoms with E-state index in [1.54, 1.807) is 0 Å². The fraction of sp³-hybridized carbons (Fsp3) is 0.250. The molecule has 0 aliphatic rings. The van der Waals surface area contributed by atoms with E-state index >= 15 is 0 Å². The Morgan fingerprint density at radius 1 is 1.25 bits per heavy atom. The van der Waals surface area contributed by atoms with E-state index in [9.17, 15) is 0 Å². The van der Waals surface area contributed by atoms with E-state index in [1.165, 1.54) is 0 Å². The van der Waals surface area contributed by atoms with Gasteiger partial charge in [-0.25, -0.2) is 0 Å². The second kappa shape index (κ2) is 7.11. The summed E-state index contributed by atoms with van der Waals surface area (Å²) in [7, 11) is 1.92. The minimum atomic E-state index is 0.183. The number of ether oxygens (including phenoxy) is 1. The molecule has 2 aromatic rings. The number of halogens is 2. The summed E-state index contributed by atoms with van der Waals surface area (Å²) < 4.78 is 7.01. The zero-order valence-corrected chi connectivity index (χ0v) is 13.8. The van der Waals surface area contributed by atoms with Crippen molar-refractivity contribution in [3.63, 3.8) is 0 Å². The molecule has 0 heterocycles. The van der Waals surface area contributed by atoms with Crippen molar-refractivity contribution in [2.45, 2.75) is 19.6 Å². The van der Waals surface area contributed by atoms with E-state index in [0.29, 0.717) is 6.61 Å². The van der Waals surface area contributed by atoms with Gasteiger partial charge in [-0.3, -0.25) is 0 Å². The van der Waals surface area contributed by atoms with Crippen LogP contribution in [0.4, 0.5) is 0 Å². The molecule has 0 saturated heterocycles. The van der Waals surface area contributed by atoms with Crippen LogP contribution in [0.25, 0.3) is 0 Å². The molecule has 2 rings (SSSR count). The summed E-state index contributed by atoms with van der Waals surface area (Å²) in [5, 5.41) is 3.93. The third kappa shape index (κ3) is 3.75. The molecule has 0 bridgehead atoms. The SMILES string of the molecule is CNC(C)c1cc(Cl)ccc1OCc1ccccc1Br. The molecule has 0 fully saturated rings. The average molecular weight is 355 g/mol. The first-order valence-electron chi connectivity index (χ1n) is 6.44. The van der Waals surface area contributed by atoms with Crippen LogP contribution < -0.4 is 10.1 Å². The van der Waals surface area contributed by atoms with Crippen molar-refractivity contribution in [2.24, 2.45) is 0 Å². The van der Waals surface area contributed by atoms with Crippen LogP contribution in [-0.4, -0.2) is 7.05 Å². The van der Waals surface area contributed by atoms with E-state index in [1.807, 2.05) is 49.5 Å². The zero-order valence-electron chi connectivity index (χ0n) is 11.5. The molecule has 0 radical (unpaired) electrons. The van der Waals surface area contributed by atoms with Gasteiger partial charge in [0.15, 0.2) is 0 Å². The Kier molecular flexibility index (Phi) is 5.46. The minimum absolute atomic E-state index is 0.183. The second-order valence-corrected chi connectivity index (χ2v) is 5.86. The first-order chi connectivity index (χ1) is 9.61. The predicted molar refractivity (Wildman–Crippen MR) is 87.4 cm³/mol. The molecule has 0 saturated carbocycles. The summed E-state index contributed by atoms with van der Waals surface area (Å²) in [4.78, 5) is 0. The van der Waals surface area contributed by atoms with Crippen LogP contribution in [0, 0.1) is 0 Å². The summed E-state index contributed by atoms with van der Waals surface area (Å²) in [6.45, 7) is 2.60. The van der Waals surface area contributed by atoms with Gasteiger partial charge in [-0.2, -0.15) is 0 Å². The summed E-state index contributed by atoms with van der Waals surface area (Å²) in [5.41, 5.74) is 2.18. The molecule has 1 unspecified atom stereocenters. The molecule has 0 aliphatic heterocycles. The van der Waals surface area contributed by atoms with Gasteiger partial charge in [0.05, 0.1) is 0 Å². The van der Waals surface area contributed by atoms with Gasteiger partial charge in [-0.1, -0.05) is 45.7 Å². The van der Waals surface area contributed by atoms with Crippen molar-refractivity contribution < 1.29 is 4.74 Å². The molecule has 20 heavy (non-hydrogen) atoms. The van der Waals surface area contributed by atoms with Gasteiger partial charge in [-0.05, 0) is 38.2 Å². The van der Waals surface area contributed by atoms with E-state index in [2.05, 4.69) is 28.2 Å². The molecule has 0 spiro atoms. The monoisotopic (exact) mass is 353 g/mol. The Morgan fingerprint density at radius 3 is 2.70 bits per heavy atom. The topological polar surface area (TPSA) is 21.3 Å². The normalized spacial score (nSPS) is 12.2. The van der Waals surface area contributed by atoms with Crippen molar-refractivity contribution in [1.82, 2.24) is 5.32 Å². The number of hydrogen-bond donors (Lipinski definition) is 1. The van der Waals surface area contributed by atoms with E-state index < -0.39 is 0 Å². The van der Waals surface area contributed by atoms with Crippen LogP contribution >= 0.6 is 27.5 Å². The zero-order chi connectivity index (χ0) is 14.5. The first kappa shape index (κ1) is 15.4. The van der Waals surface area contributed by atoms with Gasteiger partial charge in [0.1, 0.15) is 12.4 Å². The summed E-state index contributed by atoms with van der Waals surface area (Å²) in [6, 6.07) is 13.9. The molecule has 0 aromatic heterocycles. The van der Waals surface area contributed by atoms with Crippen molar-refractivity contribution in [1.29, 1.82) is 0 Å². The highest BCUT2D eigenvalue weighted by Crippen LogP contribution is 2.29. The maximum absolute atomic E-state index is 6.07. The van der Waals surface area contributed by atoms with Gasteiger partial charge in [-0.15, -0.1) is 0 Å². The highest BCUT2D eigenvalue weighted by Gasteiger charge is 2.11. The predicted octanol–water partition coefficient (Wildman–Crippen LogP) is 4.96. The van der Waals surface area contributed by atoms with Crippen LogP contribution in [0.5, 0.6) is 5.75 Å². The fourth-order valence-electron chi connectivity index (χ4n) is 1.92. The maximum Gasteiger partial charge on any atom is 0.124 e. The largest absolute Gasteiger partial charge is 0.489 e. The van der Waals surface area contributed by atoms with Gasteiger partial charge in [0, 0.05) is 26.7 Å². The van der Waals surface area contributed by atoms with Gasteiger partial charge in [0.2, 0.25) is 0 Å². The first-order valence-corrected chi connectivity index (χ1v) is 7.62. The van der Waals surface area contributed by atoms with Crippen LogP contribution in [0.15, 0.2) is 46.9 Å². The van der Waals surface area contributed by atoms with Crippen LogP contribution in [0.1, 0.15) is 24.1 Å². The number of hydrogen-bond acceptors (Lipinski definition) is 2. The number of nitrogens with one attached hydrogen (secondary N) is 1. The Hall–Kier alpha value is -1.03. The van der Waals surface area contributed by atoms with Gasteiger partial charge in [0.25, 0.3) is 0 Å². The highest BCUT2D eigenvalue weighted by molar-refractivity contribution is 9.10. The lowest BCUT2D eigenvalue weighted by Gasteiger charge is -2.17. The number of benzene rings is 2. The lowest BCUT2D eigenvalue weighted by atomic mass is 10.1. The smallest absolute Gasteiger partial charge is 0.124 e. The summed E-state index contributed by atoms with van der Waals surface area (Å²) in [6.07, 6.45) is 0. The Morgan fingerprint density at radius 2 is 2.00 bits per heavy atom. The molecular weight excluding hydrogens is 338 g/mol. The molecular formula is C16H17BrClNO. The second-order valence-electron chi connectivity index (χ2n) is 4.57. The molecule has 1 N–H and O–H groups in total. The standard InChI is InChI=1S/C16H17BrClNO/c1-11(19-2)14-9-13(18)7-8-16(14)20-10-12-5-3-4-6-15(12)17/h3-9,11,19H,10H2,1-2H3. The fourth-order valence-corrected chi connectivity index (χ4v) is 2.50. The molecule has 0 amide bonds. The molecule has 0 aliphatic carbocycles. The quantitative estimate of drug-likeness (QED) is 0.819. The lowest BCUT2D eigenvalue weighted by molar-refractivity contribution is 0.299. The summed E-state index contributed by atoms with van der Waals surface area (Å²) in [5.74, 6) is 0.854. The lowest BCUT2D eigenvalue weighted by Crippen LogP contribution is -2.13. The molecule has 1 atom stereocenters. The van der Waals surface area contributed by atoms with Crippen LogP contribution in [0.2, 0.25) is 5.02 Å². The Balaban J connectivity index is 2.19. The highest BCUT2D eigenvalue weighted by atomic mass is 79.9. The molecule has 106 valence electrons.